The van der Waals surface area contributed by atoms with Gasteiger partial charge in [-0.05, 0) is 55.5 Å². The first-order chi connectivity index (χ1) is 15.4. The molecule has 0 bridgehead atoms. The van der Waals surface area contributed by atoms with Crippen LogP contribution in [-0.2, 0) is 22.6 Å². The molecule has 0 fully saturated rings. The SMILES string of the molecule is CCCCc1c(C)c2ccc(OCc3ccccc3C(C(=O)O)=C(C)OC)cc2oc1=O. The van der Waals surface area contributed by atoms with Crippen LogP contribution in [0, 0.1) is 6.92 Å². The second kappa shape index (κ2) is 10.2. The van der Waals surface area contributed by atoms with Crippen LogP contribution >= 0.6 is 0 Å². The summed E-state index contributed by atoms with van der Waals surface area (Å²) in [4.78, 5) is 24.3. The number of fused-ring (bicyclic) bond motifs is 1. The average molecular weight is 437 g/mol. The van der Waals surface area contributed by atoms with E-state index in [-0.39, 0.29) is 17.8 Å². The fraction of sp³-hybridized carbons (Fsp3) is 0.308. The van der Waals surface area contributed by atoms with Crippen molar-refractivity contribution in [2.75, 3.05) is 7.11 Å². The number of benzene rings is 2. The second-order valence-corrected chi connectivity index (χ2v) is 7.64. The molecule has 6 heteroatoms. The van der Waals surface area contributed by atoms with Crippen LogP contribution in [0.4, 0.5) is 0 Å². The number of carboxylic acids is 1. The van der Waals surface area contributed by atoms with Crippen molar-refractivity contribution in [3.05, 3.63) is 80.9 Å². The van der Waals surface area contributed by atoms with Crippen molar-refractivity contribution < 1.29 is 23.8 Å². The minimum Gasteiger partial charge on any atom is -0.500 e. The van der Waals surface area contributed by atoms with E-state index >= 15 is 0 Å². The molecule has 1 N–H and O–H groups in total. The number of unbranched alkanes of at least 4 members (excludes halogenated alkanes) is 1. The summed E-state index contributed by atoms with van der Waals surface area (Å²) < 4.78 is 16.7. The van der Waals surface area contributed by atoms with Gasteiger partial charge in [-0.1, -0.05) is 37.6 Å². The predicted molar refractivity (Wildman–Crippen MR) is 124 cm³/mol. The van der Waals surface area contributed by atoms with E-state index in [0.29, 0.717) is 34.6 Å². The Hall–Kier alpha value is -3.54. The topological polar surface area (TPSA) is 86.0 Å². The lowest BCUT2D eigenvalue weighted by atomic mass is 9.99. The molecule has 3 rings (SSSR count). The van der Waals surface area contributed by atoms with Crippen LogP contribution < -0.4 is 10.4 Å². The molecule has 6 nitrogen and oxygen atoms in total. The highest BCUT2D eigenvalue weighted by molar-refractivity contribution is 6.16. The van der Waals surface area contributed by atoms with Gasteiger partial charge in [-0.15, -0.1) is 0 Å². The molecule has 168 valence electrons. The number of hydrogen-bond acceptors (Lipinski definition) is 5. The Morgan fingerprint density at radius 2 is 1.91 bits per heavy atom. The molecule has 1 aromatic heterocycles. The number of carboxylic acid groups (broad SMARTS) is 1. The molecule has 1 heterocycles. The molecule has 0 radical (unpaired) electrons. The second-order valence-electron chi connectivity index (χ2n) is 7.64. The van der Waals surface area contributed by atoms with E-state index in [2.05, 4.69) is 6.92 Å². The van der Waals surface area contributed by atoms with Crippen molar-refractivity contribution >= 4 is 22.5 Å². The largest absolute Gasteiger partial charge is 0.500 e. The number of methoxy groups -OCH3 is 1. The van der Waals surface area contributed by atoms with Crippen LogP contribution in [0.25, 0.3) is 16.5 Å². The van der Waals surface area contributed by atoms with Crippen LogP contribution in [0.5, 0.6) is 5.75 Å². The summed E-state index contributed by atoms with van der Waals surface area (Å²) in [5.74, 6) is -0.231. The van der Waals surface area contributed by atoms with Crippen molar-refractivity contribution in [1.29, 1.82) is 0 Å². The molecule has 2 aromatic carbocycles. The number of hydrogen-bond donors (Lipinski definition) is 1. The van der Waals surface area contributed by atoms with Gasteiger partial charge >= 0.3 is 11.6 Å². The number of carbonyl (C=O) groups is 1. The first kappa shape index (κ1) is 23.1. The van der Waals surface area contributed by atoms with E-state index < -0.39 is 5.97 Å². The third-order valence-corrected chi connectivity index (χ3v) is 5.59. The van der Waals surface area contributed by atoms with Crippen LogP contribution in [0.3, 0.4) is 0 Å². The maximum absolute atomic E-state index is 12.4. The van der Waals surface area contributed by atoms with Crippen molar-refractivity contribution in [3.63, 3.8) is 0 Å². The first-order valence-corrected chi connectivity index (χ1v) is 10.6. The van der Waals surface area contributed by atoms with Gasteiger partial charge in [-0.3, -0.25) is 0 Å². The summed E-state index contributed by atoms with van der Waals surface area (Å²) >= 11 is 0. The molecule has 0 saturated carbocycles. The summed E-state index contributed by atoms with van der Waals surface area (Å²) in [6.07, 6.45) is 2.65. The van der Waals surface area contributed by atoms with Crippen molar-refractivity contribution in [1.82, 2.24) is 0 Å². The maximum Gasteiger partial charge on any atom is 0.339 e. The summed E-state index contributed by atoms with van der Waals surface area (Å²) in [5.41, 5.74) is 3.15. The van der Waals surface area contributed by atoms with Gasteiger partial charge in [-0.25, -0.2) is 9.59 Å². The van der Waals surface area contributed by atoms with Gasteiger partial charge in [0.05, 0.1) is 7.11 Å². The van der Waals surface area contributed by atoms with Crippen molar-refractivity contribution in [2.45, 2.75) is 46.6 Å². The minimum absolute atomic E-state index is 0.0893. The fourth-order valence-electron chi connectivity index (χ4n) is 3.72. The van der Waals surface area contributed by atoms with Gasteiger partial charge < -0.3 is 19.0 Å². The zero-order chi connectivity index (χ0) is 23.3. The number of allylic oxidation sites excluding steroid dienone is 1. The van der Waals surface area contributed by atoms with E-state index in [0.717, 1.165) is 29.4 Å². The Labute approximate surface area is 187 Å². The Morgan fingerprint density at radius 3 is 2.59 bits per heavy atom. The lowest BCUT2D eigenvalue weighted by molar-refractivity contribution is -0.130. The van der Waals surface area contributed by atoms with Crippen LogP contribution in [0.15, 0.2) is 57.4 Å². The van der Waals surface area contributed by atoms with E-state index in [1.165, 1.54) is 7.11 Å². The smallest absolute Gasteiger partial charge is 0.339 e. The monoisotopic (exact) mass is 436 g/mol. The molecule has 0 aliphatic carbocycles. The van der Waals surface area contributed by atoms with Crippen molar-refractivity contribution in [3.8, 4) is 5.75 Å². The van der Waals surface area contributed by atoms with E-state index in [4.69, 9.17) is 13.9 Å². The Morgan fingerprint density at radius 1 is 1.16 bits per heavy atom. The summed E-state index contributed by atoms with van der Waals surface area (Å²) in [6.45, 7) is 5.79. The van der Waals surface area contributed by atoms with Gasteiger partial charge in [0.15, 0.2) is 0 Å². The molecule has 0 aliphatic heterocycles. The zero-order valence-corrected chi connectivity index (χ0v) is 18.9. The van der Waals surface area contributed by atoms with Crippen LogP contribution in [-0.4, -0.2) is 18.2 Å². The molecule has 0 aliphatic rings. The van der Waals surface area contributed by atoms with E-state index in [1.807, 2.05) is 31.2 Å². The average Bonchev–Trinajstić information content (AvgIpc) is 2.78. The Kier molecular flexibility index (Phi) is 7.36. The quantitative estimate of drug-likeness (QED) is 0.271. The number of aliphatic carboxylic acids is 1. The molecule has 0 amide bonds. The van der Waals surface area contributed by atoms with Crippen LogP contribution in [0.2, 0.25) is 0 Å². The zero-order valence-electron chi connectivity index (χ0n) is 18.9. The fourth-order valence-corrected chi connectivity index (χ4v) is 3.72. The van der Waals surface area contributed by atoms with Gasteiger partial charge in [0.2, 0.25) is 0 Å². The Bertz CT molecular complexity index is 1220. The van der Waals surface area contributed by atoms with Gasteiger partial charge in [0, 0.05) is 17.0 Å². The predicted octanol–water partition coefficient (Wildman–Crippen LogP) is 5.49. The molecule has 0 saturated heterocycles. The molecule has 0 unspecified atom stereocenters. The molecule has 0 spiro atoms. The summed E-state index contributed by atoms with van der Waals surface area (Å²) in [7, 11) is 1.44. The van der Waals surface area contributed by atoms with Gasteiger partial charge in [0.25, 0.3) is 0 Å². The minimum atomic E-state index is -1.07. The molecular weight excluding hydrogens is 408 g/mol. The lowest BCUT2D eigenvalue weighted by Gasteiger charge is -2.14. The number of aryl methyl sites for hydroxylation is 1. The Balaban J connectivity index is 1.91. The molecular formula is C26H28O6. The van der Waals surface area contributed by atoms with Gasteiger partial charge in [0.1, 0.15) is 29.3 Å². The molecule has 32 heavy (non-hydrogen) atoms. The number of rotatable bonds is 9. The highest BCUT2D eigenvalue weighted by Gasteiger charge is 2.19. The van der Waals surface area contributed by atoms with E-state index in [1.54, 1.807) is 25.1 Å². The lowest BCUT2D eigenvalue weighted by Crippen LogP contribution is -2.10. The first-order valence-electron chi connectivity index (χ1n) is 10.6. The highest BCUT2D eigenvalue weighted by Crippen LogP contribution is 2.27. The summed E-state index contributed by atoms with van der Waals surface area (Å²) in [6, 6.07) is 12.6. The molecule has 0 atom stereocenters. The third-order valence-electron chi connectivity index (χ3n) is 5.59. The normalized spacial score (nSPS) is 11.9. The van der Waals surface area contributed by atoms with Gasteiger partial charge in [-0.2, -0.15) is 0 Å². The molecule has 3 aromatic rings. The van der Waals surface area contributed by atoms with Crippen molar-refractivity contribution in [2.24, 2.45) is 0 Å². The number of ether oxygens (including phenoxy) is 2. The standard InChI is InChI=1S/C26H28O6/c1-5-6-10-21-16(2)20-13-12-19(14-23(20)32-26(21)29)31-15-18-9-7-8-11-22(18)24(25(27)28)17(3)30-4/h7-9,11-14H,5-6,10,15H2,1-4H3,(H,27,28). The third kappa shape index (κ3) is 4.85. The van der Waals surface area contributed by atoms with Crippen LogP contribution in [0.1, 0.15) is 48.9 Å². The summed E-state index contributed by atoms with van der Waals surface area (Å²) in [5, 5.41) is 10.5. The highest BCUT2D eigenvalue weighted by atomic mass is 16.5. The van der Waals surface area contributed by atoms with E-state index in [9.17, 15) is 14.7 Å². The maximum atomic E-state index is 12.4.